The third kappa shape index (κ3) is 2.13. The third-order valence-corrected chi connectivity index (χ3v) is 3.02. The summed E-state index contributed by atoms with van der Waals surface area (Å²) in [6.45, 7) is 1.85. The first-order valence-corrected chi connectivity index (χ1v) is 6.05. The lowest BCUT2D eigenvalue weighted by atomic mass is 10.2. The van der Waals surface area contributed by atoms with Crippen molar-refractivity contribution in [3.63, 3.8) is 0 Å². The number of oxazole rings is 1. The highest BCUT2D eigenvalue weighted by Gasteiger charge is 2.29. The van der Waals surface area contributed by atoms with Crippen molar-refractivity contribution < 1.29 is 13.6 Å². The molecule has 2 aromatic heterocycles. The van der Waals surface area contributed by atoms with Crippen LogP contribution in [0.1, 0.15) is 40.8 Å². The number of amides is 1. The van der Waals surface area contributed by atoms with Crippen LogP contribution >= 0.6 is 11.6 Å². The molecule has 0 radical (unpaired) electrons. The maximum atomic E-state index is 11.8. The Morgan fingerprint density at radius 3 is 2.83 bits per heavy atom. The van der Waals surface area contributed by atoms with Gasteiger partial charge in [0.05, 0.1) is 5.69 Å². The van der Waals surface area contributed by atoms with E-state index >= 15 is 0 Å². The van der Waals surface area contributed by atoms with Crippen molar-refractivity contribution in [1.82, 2.24) is 4.98 Å². The second kappa shape index (κ2) is 4.17. The molecule has 0 saturated heterocycles. The van der Waals surface area contributed by atoms with Crippen molar-refractivity contribution >= 4 is 23.5 Å². The zero-order valence-corrected chi connectivity index (χ0v) is 10.5. The number of rotatable bonds is 3. The van der Waals surface area contributed by atoms with Crippen LogP contribution in [0.15, 0.2) is 21.0 Å². The van der Waals surface area contributed by atoms with E-state index in [0.29, 0.717) is 5.92 Å². The highest BCUT2D eigenvalue weighted by molar-refractivity contribution is 6.29. The van der Waals surface area contributed by atoms with E-state index in [2.05, 4.69) is 10.3 Å². The quantitative estimate of drug-likeness (QED) is 0.925. The van der Waals surface area contributed by atoms with Crippen LogP contribution in [-0.2, 0) is 0 Å². The zero-order chi connectivity index (χ0) is 12.7. The molecule has 6 heteroatoms. The molecule has 1 fully saturated rings. The fourth-order valence-corrected chi connectivity index (χ4v) is 1.94. The second-order valence-electron chi connectivity index (χ2n) is 4.29. The van der Waals surface area contributed by atoms with Crippen LogP contribution in [-0.4, -0.2) is 10.9 Å². The van der Waals surface area contributed by atoms with E-state index in [1.54, 1.807) is 0 Å². The molecule has 2 heterocycles. The Hall–Kier alpha value is -1.75. The van der Waals surface area contributed by atoms with Crippen LogP contribution in [0, 0.1) is 6.92 Å². The number of furan rings is 1. The van der Waals surface area contributed by atoms with Gasteiger partial charge in [0, 0.05) is 5.92 Å². The predicted octanol–water partition coefficient (Wildman–Crippen LogP) is 3.36. The van der Waals surface area contributed by atoms with Gasteiger partial charge < -0.3 is 8.83 Å². The van der Waals surface area contributed by atoms with Crippen LogP contribution in [0.25, 0.3) is 0 Å². The van der Waals surface area contributed by atoms with E-state index in [4.69, 9.17) is 20.4 Å². The summed E-state index contributed by atoms with van der Waals surface area (Å²) in [6, 6.07) is 3.20. The summed E-state index contributed by atoms with van der Waals surface area (Å²) >= 11 is 5.60. The number of hydrogen-bond acceptors (Lipinski definition) is 4. The lowest BCUT2D eigenvalue weighted by Gasteiger charge is -1.95. The normalized spacial score (nSPS) is 14.8. The summed E-state index contributed by atoms with van der Waals surface area (Å²) in [4.78, 5) is 16.0. The van der Waals surface area contributed by atoms with Gasteiger partial charge in [-0.25, -0.2) is 0 Å². The van der Waals surface area contributed by atoms with Gasteiger partial charge in [-0.05, 0) is 43.5 Å². The Morgan fingerprint density at radius 2 is 2.22 bits per heavy atom. The van der Waals surface area contributed by atoms with Crippen molar-refractivity contribution in [2.24, 2.45) is 0 Å². The molecular formula is C12H11ClN2O3. The number of aromatic nitrogens is 1. The molecule has 0 atom stereocenters. The minimum atomic E-state index is -0.425. The average molecular weight is 267 g/mol. The van der Waals surface area contributed by atoms with Crippen LogP contribution in [0.2, 0.25) is 5.22 Å². The number of aryl methyl sites for hydroxylation is 1. The first-order chi connectivity index (χ1) is 8.63. The molecule has 1 aliphatic carbocycles. The second-order valence-corrected chi connectivity index (χ2v) is 4.67. The summed E-state index contributed by atoms with van der Waals surface area (Å²) in [5, 5.41) is 2.72. The van der Waals surface area contributed by atoms with Crippen LogP contribution < -0.4 is 5.32 Å². The molecule has 18 heavy (non-hydrogen) atoms. The van der Waals surface area contributed by atoms with Gasteiger partial charge in [0.15, 0.2) is 11.0 Å². The fraction of sp³-hybridized carbons (Fsp3) is 0.333. The van der Waals surface area contributed by atoms with Gasteiger partial charge in [-0.2, -0.15) is 4.98 Å². The van der Waals surface area contributed by atoms with Gasteiger partial charge in [-0.1, -0.05) is 0 Å². The summed E-state index contributed by atoms with van der Waals surface area (Å²) in [7, 11) is 0. The molecule has 3 rings (SSSR count). The van der Waals surface area contributed by atoms with E-state index in [1.807, 2.05) is 6.92 Å². The number of hydrogen-bond donors (Lipinski definition) is 1. The molecule has 1 saturated carbocycles. The number of anilines is 1. The Morgan fingerprint density at radius 1 is 1.44 bits per heavy atom. The van der Waals surface area contributed by atoms with Gasteiger partial charge in [0.25, 0.3) is 5.91 Å². The Kier molecular flexibility index (Phi) is 2.63. The van der Waals surface area contributed by atoms with Crippen molar-refractivity contribution in [2.75, 3.05) is 5.32 Å². The summed E-state index contributed by atoms with van der Waals surface area (Å²) in [5.41, 5.74) is 0.933. The number of carbonyl (C=O) groups is 1. The molecule has 5 nitrogen and oxygen atoms in total. The summed E-state index contributed by atoms with van der Waals surface area (Å²) < 4.78 is 10.4. The smallest absolute Gasteiger partial charge is 0.302 e. The van der Waals surface area contributed by atoms with Gasteiger partial charge in [-0.3, -0.25) is 10.1 Å². The van der Waals surface area contributed by atoms with Gasteiger partial charge in [0.1, 0.15) is 5.76 Å². The van der Waals surface area contributed by atoms with Crippen molar-refractivity contribution in [1.29, 1.82) is 0 Å². The maximum Gasteiger partial charge on any atom is 0.302 e. The van der Waals surface area contributed by atoms with E-state index in [-0.39, 0.29) is 17.0 Å². The standard InChI is InChI=1S/C12H11ClN2O3/c1-6-10(7-2-3-7)14-12(17-6)15-11(16)8-4-5-9(13)18-8/h4-5,7H,2-3H2,1H3,(H,14,15,16). The molecule has 0 bridgehead atoms. The van der Waals surface area contributed by atoms with Crippen molar-refractivity contribution in [3.8, 4) is 0 Å². The molecule has 2 aromatic rings. The van der Waals surface area contributed by atoms with Crippen molar-refractivity contribution in [2.45, 2.75) is 25.7 Å². The molecule has 1 aliphatic rings. The minimum absolute atomic E-state index is 0.129. The average Bonchev–Trinajstić information content (AvgIpc) is 2.97. The predicted molar refractivity (Wildman–Crippen MR) is 64.9 cm³/mol. The molecule has 0 aromatic carbocycles. The van der Waals surface area contributed by atoms with Crippen molar-refractivity contribution in [3.05, 3.63) is 34.6 Å². The molecular weight excluding hydrogens is 256 g/mol. The Labute approximate surface area is 108 Å². The van der Waals surface area contributed by atoms with E-state index in [1.165, 1.54) is 12.1 Å². The molecule has 0 unspecified atom stereocenters. The minimum Gasteiger partial charge on any atom is -0.440 e. The Balaban J connectivity index is 1.76. The van der Waals surface area contributed by atoms with E-state index in [0.717, 1.165) is 24.3 Å². The number of halogens is 1. The van der Waals surface area contributed by atoms with Crippen LogP contribution in [0.3, 0.4) is 0 Å². The van der Waals surface area contributed by atoms with Gasteiger partial charge in [0.2, 0.25) is 0 Å². The number of nitrogens with zero attached hydrogens (tertiary/aromatic N) is 1. The first-order valence-electron chi connectivity index (χ1n) is 5.67. The molecule has 94 valence electrons. The number of nitrogens with one attached hydrogen (secondary N) is 1. The lowest BCUT2D eigenvalue weighted by Crippen LogP contribution is -2.11. The number of carbonyl (C=O) groups excluding carboxylic acids is 1. The molecule has 1 N–H and O–H groups in total. The maximum absolute atomic E-state index is 11.8. The van der Waals surface area contributed by atoms with Gasteiger partial charge >= 0.3 is 6.01 Å². The highest BCUT2D eigenvalue weighted by atomic mass is 35.5. The van der Waals surface area contributed by atoms with Gasteiger partial charge in [-0.15, -0.1) is 0 Å². The third-order valence-electron chi connectivity index (χ3n) is 2.81. The molecule has 1 amide bonds. The van der Waals surface area contributed by atoms with E-state index < -0.39 is 5.91 Å². The molecule has 0 aliphatic heterocycles. The summed E-state index contributed by atoms with van der Waals surface area (Å²) in [6.07, 6.45) is 2.27. The SMILES string of the molecule is Cc1oc(NC(=O)c2ccc(Cl)o2)nc1C1CC1. The van der Waals surface area contributed by atoms with E-state index in [9.17, 15) is 4.79 Å². The molecule has 0 spiro atoms. The summed E-state index contributed by atoms with van der Waals surface area (Å²) in [5.74, 6) is 0.942. The first kappa shape index (κ1) is 11.3. The Bertz CT molecular complexity index is 598. The topological polar surface area (TPSA) is 68.3 Å². The van der Waals surface area contributed by atoms with Crippen LogP contribution in [0.4, 0.5) is 6.01 Å². The fourth-order valence-electron chi connectivity index (χ4n) is 1.79. The van der Waals surface area contributed by atoms with Crippen LogP contribution in [0.5, 0.6) is 0 Å². The lowest BCUT2D eigenvalue weighted by molar-refractivity contribution is 0.0994. The highest BCUT2D eigenvalue weighted by Crippen LogP contribution is 2.41. The largest absolute Gasteiger partial charge is 0.440 e. The monoisotopic (exact) mass is 266 g/mol. The zero-order valence-electron chi connectivity index (χ0n) is 9.70.